The Morgan fingerprint density at radius 2 is 1.93 bits per heavy atom. The molecule has 6 nitrogen and oxygen atoms in total. The van der Waals surface area contributed by atoms with Gasteiger partial charge < -0.3 is 15.1 Å². The Hall–Kier alpha value is -2.60. The average molecular weight is 369 g/mol. The van der Waals surface area contributed by atoms with Crippen LogP contribution in [0.3, 0.4) is 0 Å². The number of furan rings is 1. The van der Waals surface area contributed by atoms with Gasteiger partial charge in [0.2, 0.25) is 0 Å². The molecule has 0 saturated carbocycles. The Morgan fingerprint density at radius 3 is 2.63 bits per heavy atom. The molecule has 1 aromatic heterocycles. The number of benzene rings is 1. The molecule has 2 heterocycles. The van der Waals surface area contributed by atoms with Gasteiger partial charge in [0.1, 0.15) is 5.76 Å². The molecule has 0 spiro atoms. The monoisotopic (exact) mass is 369 g/mol. The van der Waals surface area contributed by atoms with Gasteiger partial charge in [-0.05, 0) is 75.0 Å². The largest absolute Gasteiger partial charge is 0.468 e. The van der Waals surface area contributed by atoms with Crippen molar-refractivity contribution in [3.63, 3.8) is 0 Å². The minimum atomic E-state index is -0.612. The summed E-state index contributed by atoms with van der Waals surface area (Å²) in [6, 6.07) is 9.67. The predicted octanol–water partition coefficient (Wildman–Crippen LogP) is 2.86. The molecule has 0 atom stereocenters. The topological polar surface area (TPSA) is 74.6 Å². The van der Waals surface area contributed by atoms with Crippen molar-refractivity contribution in [3.05, 3.63) is 53.5 Å². The van der Waals surface area contributed by atoms with Crippen molar-refractivity contribution in [2.45, 2.75) is 33.2 Å². The molecule has 0 radical (unpaired) electrons. The van der Waals surface area contributed by atoms with E-state index in [4.69, 9.17) is 4.42 Å². The maximum Gasteiger partial charge on any atom is 0.313 e. The standard InChI is InChI=1S/C21H27N3O3/c1-15-5-6-16(2)19(12-15)23-21(26)20(25)22-13-17-7-9-24(10-8-17)14-18-4-3-11-27-18/h3-6,11-12,17H,7-10,13-14H2,1-2H3,(H,22,25)(H,23,26). The number of rotatable bonds is 5. The van der Waals surface area contributed by atoms with E-state index in [2.05, 4.69) is 15.5 Å². The fourth-order valence-corrected chi connectivity index (χ4v) is 3.34. The molecular formula is C21H27N3O3. The van der Waals surface area contributed by atoms with E-state index in [-0.39, 0.29) is 0 Å². The number of anilines is 1. The van der Waals surface area contributed by atoms with Crippen molar-refractivity contribution in [2.24, 2.45) is 5.92 Å². The third kappa shape index (κ3) is 5.44. The molecule has 2 aromatic rings. The molecule has 1 saturated heterocycles. The number of carbonyl (C=O) groups excluding carboxylic acids is 2. The molecule has 2 N–H and O–H groups in total. The van der Waals surface area contributed by atoms with E-state index in [0.29, 0.717) is 18.2 Å². The van der Waals surface area contributed by atoms with Crippen LogP contribution < -0.4 is 10.6 Å². The quantitative estimate of drug-likeness (QED) is 0.795. The Morgan fingerprint density at radius 1 is 1.15 bits per heavy atom. The van der Waals surface area contributed by atoms with E-state index in [1.54, 1.807) is 6.26 Å². The van der Waals surface area contributed by atoms with E-state index in [0.717, 1.165) is 49.4 Å². The minimum Gasteiger partial charge on any atom is -0.468 e. The molecule has 3 rings (SSSR count). The van der Waals surface area contributed by atoms with Gasteiger partial charge in [-0.15, -0.1) is 0 Å². The summed E-state index contributed by atoms with van der Waals surface area (Å²) in [5, 5.41) is 5.48. The second-order valence-electron chi connectivity index (χ2n) is 7.28. The van der Waals surface area contributed by atoms with Gasteiger partial charge in [-0.25, -0.2) is 0 Å². The fraction of sp³-hybridized carbons (Fsp3) is 0.429. The molecule has 1 aliphatic heterocycles. The molecule has 1 fully saturated rings. The molecule has 6 heteroatoms. The van der Waals surface area contributed by atoms with Gasteiger partial charge >= 0.3 is 11.8 Å². The lowest BCUT2D eigenvalue weighted by Gasteiger charge is -2.31. The van der Waals surface area contributed by atoms with Crippen molar-refractivity contribution in [2.75, 3.05) is 25.0 Å². The number of hydrogen-bond donors (Lipinski definition) is 2. The third-order valence-electron chi connectivity index (χ3n) is 5.07. The molecule has 0 aliphatic carbocycles. The van der Waals surface area contributed by atoms with E-state index in [1.165, 1.54) is 0 Å². The maximum atomic E-state index is 12.1. The summed E-state index contributed by atoms with van der Waals surface area (Å²) >= 11 is 0. The number of nitrogens with one attached hydrogen (secondary N) is 2. The average Bonchev–Trinajstić information content (AvgIpc) is 3.17. The summed E-state index contributed by atoms with van der Waals surface area (Å²) in [5.41, 5.74) is 2.66. The summed E-state index contributed by atoms with van der Waals surface area (Å²) in [4.78, 5) is 26.6. The number of amides is 2. The lowest BCUT2D eigenvalue weighted by molar-refractivity contribution is -0.136. The van der Waals surface area contributed by atoms with Crippen molar-refractivity contribution < 1.29 is 14.0 Å². The Balaban J connectivity index is 1.40. The van der Waals surface area contributed by atoms with Crippen molar-refractivity contribution in [1.82, 2.24) is 10.2 Å². The number of piperidine rings is 1. The molecule has 1 aromatic carbocycles. The maximum absolute atomic E-state index is 12.1. The highest BCUT2D eigenvalue weighted by molar-refractivity contribution is 6.39. The number of aryl methyl sites for hydroxylation is 2. The zero-order valence-corrected chi connectivity index (χ0v) is 16.0. The first kappa shape index (κ1) is 19.2. The van der Waals surface area contributed by atoms with Gasteiger partial charge in [0.25, 0.3) is 0 Å². The Kier molecular flexibility index (Phi) is 6.29. The summed E-state index contributed by atoms with van der Waals surface area (Å²) in [6.45, 7) is 7.15. The fourth-order valence-electron chi connectivity index (χ4n) is 3.34. The highest BCUT2D eigenvalue weighted by atomic mass is 16.3. The lowest BCUT2D eigenvalue weighted by atomic mass is 9.96. The number of carbonyl (C=O) groups is 2. The number of hydrogen-bond acceptors (Lipinski definition) is 4. The van der Waals surface area contributed by atoms with E-state index < -0.39 is 11.8 Å². The van der Waals surface area contributed by atoms with Crippen LogP contribution in [0.5, 0.6) is 0 Å². The molecule has 1 aliphatic rings. The van der Waals surface area contributed by atoms with Gasteiger partial charge in [0.05, 0.1) is 12.8 Å². The zero-order valence-electron chi connectivity index (χ0n) is 16.0. The summed E-state index contributed by atoms with van der Waals surface area (Å²) in [7, 11) is 0. The van der Waals surface area contributed by atoms with Crippen LogP contribution in [-0.2, 0) is 16.1 Å². The van der Waals surface area contributed by atoms with Crippen LogP contribution in [0.25, 0.3) is 0 Å². The van der Waals surface area contributed by atoms with Gasteiger partial charge in [0.15, 0.2) is 0 Å². The van der Waals surface area contributed by atoms with E-state index >= 15 is 0 Å². The van der Waals surface area contributed by atoms with Crippen molar-refractivity contribution in [1.29, 1.82) is 0 Å². The van der Waals surface area contributed by atoms with Crippen molar-refractivity contribution in [3.8, 4) is 0 Å². The highest BCUT2D eigenvalue weighted by Gasteiger charge is 2.22. The summed E-state index contributed by atoms with van der Waals surface area (Å²) < 4.78 is 5.39. The molecule has 2 amide bonds. The highest BCUT2D eigenvalue weighted by Crippen LogP contribution is 2.19. The van der Waals surface area contributed by atoms with Crippen LogP contribution >= 0.6 is 0 Å². The second kappa shape index (κ2) is 8.86. The van der Waals surface area contributed by atoms with Gasteiger partial charge in [-0.2, -0.15) is 0 Å². The summed E-state index contributed by atoms with van der Waals surface area (Å²) in [5.74, 6) is 0.188. The number of likely N-dealkylation sites (tertiary alicyclic amines) is 1. The van der Waals surface area contributed by atoms with Crippen LogP contribution in [0.2, 0.25) is 0 Å². The third-order valence-corrected chi connectivity index (χ3v) is 5.07. The molecule has 0 bridgehead atoms. The molecular weight excluding hydrogens is 342 g/mol. The molecule has 0 unspecified atom stereocenters. The van der Waals surface area contributed by atoms with Crippen LogP contribution in [0.1, 0.15) is 29.7 Å². The SMILES string of the molecule is Cc1ccc(C)c(NC(=O)C(=O)NCC2CCN(Cc3ccco3)CC2)c1. The first-order chi connectivity index (χ1) is 13.0. The van der Waals surface area contributed by atoms with Crippen LogP contribution in [-0.4, -0.2) is 36.3 Å². The first-order valence-electron chi connectivity index (χ1n) is 9.42. The Bertz CT molecular complexity index is 778. The minimum absolute atomic E-state index is 0.398. The Labute approximate surface area is 159 Å². The van der Waals surface area contributed by atoms with Crippen LogP contribution in [0, 0.1) is 19.8 Å². The van der Waals surface area contributed by atoms with Crippen LogP contribution in [0.15, 0.2) is 41.0 Å². The number of nitrogens with zero attached hydrogens (tertiary/aromatic N) is 1. The molecule has 144 valence electrons. The smallest absolute Gasteiger partial charge is 0.313 e. The van der Waals surface area contributed by atoms with Gasteiger partial charge in [-0.3, -0.25) is 14.5 Å². The zero-order chi connectivity index (χ0) is 19.2. The predicted molar refractivity (Wildman–Crippen MR) is 104 cm³/mol. The van der Waals surface area contributed by atoms with Crippen LogP contribution in [0.4, 0.5) is 5.69 Å². The summed E-state index contributed by atoms with van der Waals surface area (Å²) in [6.07, 6.45) is 3.69. The van der Waals surface area contributed by atoms with Gasteiger partial charge in [0, 0.05) is 12.2 Å². The van der Waals surface area contributed by atoms with Crippen molar-refractivity contribution >= 4 is 17.5 Å². The van der Waals surface area contributed by atoms with E-state index in [1.807, 2.05) is 44.2 Å². The normalized spacial score (nSPS) is 15.5. The molecule has 27 heavy (non-hydrogen) atoms. The first-order valence-corrected chi connectivity index (χ1v) is 9.42. The van der Waals surface area contributed by atoms with Gasteiger partial charge in [-0.1, -0.05) is 12.1 Å². The lowest BCUT2D eigenvalue weighted by Crippen LogP contribution is -2.41. The second-order valence-corrected chi connectivity index (χ2v) is 7.28. The van der Waals surface area contributed by atoms with E-state index in [9.17, 15) is 9.59 Å².